The molecular formula is C47H61Cl2N9O6S. The Kier molecular flexibility index (Phi) is 16.8. The minimum absolute atomic E-state index is 0.0173. The lowest BCUT2D eigenvalue weighted by atomic mass is 9.87. The van der Waals surface area contributed by atoms with Crippen molar-refractivity contribution in [2.75, 3.05) is 60.0 Å². The number of piperidine rings is 1. The Balaban J connectivity index is 0.712. The van der Waals surface area contributed by atoms with E-state index in [1.165, 1.54) is 11.3 Å². The Morgan fingerprint density at radius 3 is 2.32 bits per heavy atom. The van der Waals surface area contributed by atoms with Crippen LogP contribution in [-0.4, -0.2) is 141 Å². The number of amides is 5. The zero-order valence-corrected chi connectivity index (χ0v) is 39.7. The van der Waals surface area contributed by atoms with E-state index < -0.39 is 6.61 Å². The third-order valence-electron chi connectivity index (χ3n) is 12.5. The van der Waals surface area contributed by atoms with Crippen LogP contribution in [-0.2, 0) is 45.1 Å². The Morgan fingerprint density at radius 2 is 1.63 bits per heavy atom. The minimum atomic E-state index is -0.540. The van der Waals surface area contributed by atoms with Gasteiger partial charge in [-0.15, -0.1) is 11.3 Å². The number of nitrogens with zero attached hydrogens (tertiary/aromatic N) is 6. The second-order valence-electron chi connectivity index (χ2n) is 17.6. The Hall–Kier alpha value is -4.74. The molecule has 18 heteroatoms. The third kappa shape index (κ3) is 12.2. The number of nitrogens with one attached hydrogen (secondary N) is 3. The monoisotopic (exact) mass is 949 g/mol. The van der Waals surface area contributed by atoms with E-state index in [0.29, 0.717) is 104 Å². The highest BCUT2D eigenvalue weighted by Crippen LogP contribution is 2.42. The Labute approximate surface area is 394 Å². The molecule has 0 aliphatic carbocycles. The molecule has 65 heavy (non-hydrogen) atoms. The van der Waals surface area contributed by atoms with Crippen LogP contribution >= 0.6 is 34.5 Å². The molecule has 2 bridgehead atoms. The molecule has 350 valence electrons. The summed E-state index contributed by atoms with van der Waals surface area (Å²) in [5.41, 5.74) is 4.12. The molecule has 4 aromatic rings. The molecule has 0 radical (unpaired) electrons. The number of aliphatic hydroxyl groups is 1. The van der Waals surface area contributed by atoms with Crippen molar-refractivity contribution in [1.29, 1.82) is 0 Å². The number of carbonyl (C=O) groups excluding carboxylic acids is 5. The van der Waals surface area contributed by atoms with Crippen LogP contribution in [0.4, 0.5) is 0 Å². The average Bonchev–Trinajstić information content (AvgIpc) is 4.06. The second-order valence-corrected chi connectivity index (χ2v) is 19.5. The van der Waals surface area contributed by atoms with Crippen molar-refractivity contribution >= 4 is 75.0 Å². The smallest absolute Gasteiger partial charge is 0.264 e. The van der Waals surface area contributed by atoms with E-state index in [0.717, 1.165) is 78.5 Å². The van der Waals surface area contributed by atoms with Crippen molar-refractivity contribution in [3.8, 4) is 11.3 Å². The van der Waals surface area contributed by atoms with Crippen LogP contribution in [0.5, 0.6) is 0 Å². The van der Waals surface area contributed by atoms with E-state index in [1.807, 2.05) is 59.3 Å². The van der Waals surface area contributed by atoms with E-state index in [4.69, 9.17) is 28.3 Å². The summed E-state index contributed by atoms with van der Waals surface area (Å²) in [6, 6.07) is 7.70. The molecule has 5 amide bonds. The number of unbranched alkanes of at least 4 members (excludes halogenated alkanes) is 6. The van der Waals surface area contributed by atoms with E-state index in [-0.39, 0.29) is 41.6 Å². The van der Waals surface area contributed by atoms with Gasteiger partial charge >= 0.3 is 0 Å². The molecule has 3 fully saturated rings. The highest BCUT2D eigenvalue weighted by Gasteiger charge is 2.47. The molecule has 7 heterocycles. The summed E-state index contributed by atoms with van der Waals surface area (Å²) >= 11 is 14.6. The fourth-order valence-electron chi connectivity index (χ4n) is 9.12. The molecule has 0 spiro atoms. The summed E-state index contributed by atoms with van der Waals surface area (Å²) < 4.78 is 1.78. The zero-order chi connectivity index (χ0) is 46.0. The van der Waals surface area contributed by atoms with Gasteiger partial charge in [-0.05, 0) is 64.0 Å². The predicted octanol–water partition coefficient (Wildman–Crippen LogP) is 5.81. The lowest BCUT2D eigenvalue weighted by Crippen LogP contribution is -2.70. The molecule has 4 N–H and O–H groups in total. The van der Waals surface area contributed by atoms with Gasteiger partial charge in [0.25, 0.3) is 5.91 Å². The summed E-state index contributed by atoms with van der Waals surface area (Å²) in [6.45, 7) is 3.63. The van der Waals surface area contributed by atoms with Gasteiger partial charge in [0.2, 0.25) is 23.6 Å². The van der Waals surface area contributed by atoms with Crippen molar-refractivity contribution in [2.45, 2.75) is 102 Å². The van der Waals surface area contributed by atoms with Gasteiger partial charge in [0.15, 0.2) is 0 Å². The summed E-state index contributed by atoms with van der Waals surface area (Å²) in [5.74, 6) is -0.206. The standard InChI is InChI=1S/C47H61Cl2N9O6S/c1-54(2)21-10-13-42(62)58-31-25-32(58)28-56(27-31)47(64)39-15-14-33(65-39)16-19-50-40(60)11-8-6-4-3-5-7-9-12-41(61)51-20-24-57-23-18-38(53-57)34-26-36(48)45(49)46-44(34)35-29-55(43(63)30-59)22-17-37(35)52-46/h10,13-15,18,23,26,31-32,52,59H,3-9,11-12,16-17,19-22,24-25,27-30H2,1-2H3,(H,50,60)(H,51,61)/b13-10+. The summed E-state index contributed by atoms with van der Waals surface area (Å²) in [6.07, 6.45) is 15.4. The largest absolute Gasteiger partial charge is 0.387 e. The van der Waals surface area contributed by atoms with Gasteiger partial charge in [-0.2, -0.15) is 5.10 Å². The minimum Gasteiger partial charge on any atom is -0.387 e. The van der Waals surface area contributed by atoms with Crippen molar-refractivity contribution in [2.24, 2.45) is 0 Å². The van der Waals surface area contributed by atoms with Crippen molar-refractivity contribution in [3.63, 3.8) is 0 Å². The van der Waals surface area contributed by atoms with Gasteiger partial charge in [-0.3, -0.25) is 28.7 Å². The first-order valence-corrected chi connectivity index (χ1v) is 24.5. The number of aromatic amines is 1. The van der Waals surface area contributed by atoms with E-state index >= 15 is 0 Å². The molecule has 4 aliphatic rings. The number of H-pyrrole nitrogens is 1. The Morgan fingerprint density at radius 1 is 0.938 bits per heavy atom. The number of carbonyl (C=O) groups is 5. The van der Waals surface area contributed by atoms with Gasteiger partial charge < -0.3 is 40.3 Å². The second kappa shape index (κ2) is 22.6. The molecule has 15 nitrogen and oxygen atoms in total. The number of aromatic nitrogens is 3. The number of halogens is 2. The number of hydrogen-bond acceptors (Lipinski definition) is 9. The highest BCUT2D eigenvalue weighted by molar-refractivity contribution is 7.14. The van der Waals surface area contributed by atoms with Crippen LogP contribution in [0.3, 0.4) is 0 Å². The number of piperazine rings is 1. The number of thiophene rings is 1. The lowest BCUT2D eigenvalue weighted by molar-refractivity contribution is -0.146. The Bertz CT molecular complexity index is 2360. The van der Waals surface area contributed by atoms with Gasteiger partial charge in [0, 0.05) is 104 Å². The third-order valence-corrected chi connectivity index (χ3v) is 14.5. The molecule has 0 saturated carbocycles. The van der Waals surface area contributed by atoms with Crippen LogP contribution in [0.1, 0.15) is 90.0 Å². The first-order chi connectivity index (χ1) is 31.4. The first kappa shape index (κ1) is 48.2. The number of benzene rings is 1. The lowest BCUT2D eigenvalue weighted by Gasteiger charge is -2.55. The summed E-state index contributed by atoms with van der Waals surface area (Å²) in [5, 5.41) is 21.9. The maximum absolute atomic E-state index is 13.3. The summed E-state index contributed by atoms with van der Waals surface area (Å²) in [7, 11) is 3.93. The van der Waals surface area contributed by atoms with Gasteiger partial charge in [0.1, 0.15) is 6.61 Å². The van der Waals surface area contributed by atoms with Gasteiger partial charge in [-0.1, -0.05) is 61.4 Å². The number of fused-ring (bicyclic) bond motifs is 5. The number of likely N-dealkylation sites (N-methyl/N-ethyl adjacent to an activating group) is 1. The van der Waals surface area contributed by atoms with Crippen LogP contribution in [0.2, 0.25) is 10.0 Å². The van der Waals surface area contributed by atoms with Crippen molar-refractivity contribution in [1.82, 2.24) is 45.0 Å². The molecular weight excluding hydrogens is 890 g/mol. The maximum Gasteiger partial charge on any atom is 0.264 e. The van der Waals surface area contributed by atoms with Crippen molar-refractivity contribution in [3.05, 3.63) is 73.7 Å². The molecule has 2 unspecified atom stereocenters. The number of aliphatic hydroxyl groups excluding tert-OH is 1. The molecule has 2 atom stereocenters. The molecule has 8 rings (SSSR count). The molecule has 4 aliphatic heterocycles. The highest BCUT2D eigenvalue weighted by atomic mass is 35.5. The topological polar surface area (TPSA) is 176 Å². The zero-order valence-electron chi connectivity index (χ0n) is 37.4. The maximum atomic E-state index is 13.3. The van der Waals surface area contributed by atoms with Crippen LogP contribution in [0, 0.1) is 0 Å². The van der Waals surface area contributed by atoms with Gasteiger partial charge in [-0.25, -0.2) is 0 Å². The quantitative estimate of drug-likeness (QED) is 0.0565. The van der Waals surface area contributed by atoms with Crippen molar-refractivity contribution < 1.29 is 29.1 Å². The van der Waals surface area contributed by atoms with Crippen LogP contribution in [0.25, 0.3) is 22.2 Å². The molecule has 1 aromatic carbocycles. The molecule has 3 aromatic heterocycles. The fraction of sp³-hybridized carbons (Fsp3) is 0.532. The summed E-state index contributed by atoms with van der Waals surface area (Å²) in [4.78, 5) is 75.8. The average molecular weight is 951 g/mol. The van der Waals surface area contributed by atoms with Crippen LogP contribution in [0.15, 0.2) is 42.6 Å². The number of hydrogen-bond donors (Lipinski definition) is 4. The SMILES string of the molecule is CN(C)C/C=C/C(=O)N1C2CC1CN(C(=O)c1ccc(CCNC(=O)CCCCCCCCCC(=O)NCCn3ccc(-c4cc(Cl)c(Cl)c5[nH]c6c(c45)CN(C(=O)CO)CC6)n3)s1)C2. The molecule has 3 saturated heterocycles. The predicted molar refractivity (Wildman–Crippen MR) is 254 cm³/mol. The van der Waals surface area contributed by atoms with Crippen LogP contribution < -0.4 is 10.6 Å². The normalized spacial score (nSPS) is 16.9. The van der Waals surface area contributed by atoms with E-state index in [2.05, 4.69) is 15.6 Å². The van der Waals surface area contributed by atoms with E-state index in [1.54, 1.807) is 21.7 Å². The fourth-order valence-corrected chi connectivity index (χ4v) is 10.5. The van der Waals surface area contributed by atoms with Gasteiger partial charge in [0.05, 0.1) is 44.8 Å². The number of rotatable bonds is 22. The first-order valence-electron chi connectivity index (χ1n) is 22.9. The van der Waals surface area contributed by atoms with E-state index in [9.17, 15) is 29.1 Å².